The Hall–Kier alpha value is -0.860. The Kier molecular flexibility index (Phi) is 3.17. The predicted molar refractivity (Wildman–Crippen MR) is 57.2 cm³/mol. The molecular weight excluding hydrogens is 174 g/mol. The monoisotopic (exact) mass is 191 g/mol. The zero-order valence-electron chi connectivity index (χ0n) is 8.68. The van der Waals surface area contributed by atoms with E-state index in [1.54, 1.807) is 0 Å². The second kappa shape index (κ2) is 4.58. The summed E-state index contributed by atoms with van der Waals surface area (Å²) in [6, 6.07) is 6.51. The average molecular weight is 191 g/mol. The number of rotatable bonds is 3. The van der Waals surface area contributed by atoms with E-state index >= 15 is 0 Å². The van der Waals surface area contributed by atoms with Crippen molar-refractivity contribution in [3.8, 4) is 0 Å². The number of fused-ring (bicyclic) bond motifs is 1. The van der Waals surface area contributed by atoms with Crippen LogP contribution >= 0.6 is 0 Å². The van der Waals surface area contributed by atoms with E-state index in [2.05, 4.69) is 23.5 Å². The van der Waals surface area contributed by atoms with Gasteiger partial charge in [0.1, 0.15) is 0 Å². The highest BCUT2D eigenvalue weighted by atomic mass is 16.5. The number of hydrogen-bond acceptors (Lipinski definition) is 2. The normalized spacial score (nSPS) is 15.2. The van der Waals surface area contributed by atoms with Crippen LogP contribution in [0.4, 0.5) is 0 Å². The minimum absolute atomic E-state index is 0.764. The predicted octanol–water partition coefficient (Wildman–Crippen LogP) is 1.87. The molecule has 0 aromatic heterocycles. The summed E-state index contributed by atoms with van der Waals surface area (Å²) in [5.74, 6) is 0. The van der Waals surface area contributed by atoms with Gasteiger partial charge in [-0.1, -0.05) is 18.2 Å². The molecule has 0 atom stereocenters. The van der Waals surface area contributed by atoms with Gasteiger partial charge in [0.15, 0.2) is 0 Å². The van der Waals surface area contributed by atoms with Crippen molar-refractivity contribution in [3.63, 3.8) is 0 Å². The summed E-state index contributed by atoms with van der Waals surface area (Å²) in [5, 5.41) is 3.38. The fraction of sp³-hybridized carbons (Fsp3) is 0.500. The molecular formula is C12H17NO. The molecule has 2 rings (SSSR count). The average Bonchev–Trinajstić information content (AvgIpc) is 2.26. The summed E-state index contributed by atoms with van der Waals surface area (Å²) in [4.78, 5) is 0. The van der Waals surface area contributed by atoms with E-state index < -0.39 is 0 Å². The molecule has 1 heterocycles. The second-order valence-electron chi connectivity index (χ2n) is 3.62. The van der Waals surface area contributed by atoms with Crippen LogP contribution in [-0.2, 0) is 24.3 Å². The molecule has 0 radical (unpaired) electrons. The van der Waals surface area contributed by atoms with Crippen molar-refractivity contribution in [1.29, 1.82) is 0 Å². The van der Waals surface area contributed by atoms with Gasteiger partial charge in [0, 0.05) is 13.2 Å². The molecule has 1 aliphatic rings. The van der Waals surface area contributed by atoms with Gasteiger partial charge in [-0.15, -0.1) is 0 Å². The maximum Gasteiger partial charge on any atom is 0.0719 e. The van der Waals surface area contributed by atoms with Gasteiger partial charge < -0.3 is 10.1 Å². The van der Waals surface area contributed by atoms with Crippen LogP contribution in [0.2, 0.25) is 0 Å². The maximum absolute atomic E-state index is 5.47. The summed E-state index contributed by atoms with van der Waals surface area (Å²) in [5.41, 5.74) is 4.30. The van der Waals surface area contributed by atoms with Gasteiger partial charge in [-0.3, -0.25) is 0 Å². The van der Waals surface area contributed by atoms with E-state index in [1.807, 2.05) is 6.92 Å². The summed E-state index contributed by atoms with van der Waals surface area (Å²) < 4.78 is 5.47. The SMILES string of the molecule is CCOCc1cccc2c1CCNC2. The summed E-state index contributed by atoms with van der Waals surface area (Å²) >= 11 is 0. The van der Waals surface area contributed by atoms with E-state index in [4.69, 9.17) is 4.74 Å². The lowest BCUT2D eigenvalue weighted by molar-refractivity contribution is 0.133. The molecule has 2 nitrogen and oxygen atoms in total. The molecule has 0 fully saturated rings. The first kappa shape index (κ1) is 9.69. The summed E-state index contributed by atoms with van der Waals surface area (Å²) in [6.45, 7) is 5.70. The lowest BCUT2D eigenvalue weighted by Crippen LogP contribution is -2.24. The van der Waals surface area contributed by atoms with Gasteiger partial charge in [0.25, 0.3) is 0 Å². The minimum Gasteiger partial charge on any atom is -0.377 e. The Bertz CT molecular complexity index is 309. The summed E-state index contributed by atoms with van der Waals surface area (Å²) in [6.07, 6.45) is 1.14. The molecule has 0 aliphatic carbocycles. The first-order chi connectivity index (χ1) is 6.92. The molecule has 1 N–H and O–H groups in total. The molecule has 1 aliphatic heterocycles. The third kappa shape index (κ3) is 1.97. The molecule has 0 unspecified atom stereocenters. The lowest BCUT2D eigenvalue weighted by atomic mass is 9.96. The first-order valence-electron chi connectivity index (χ1n) is 5.30. The molecule has 0 saturated carbocycles. The molecule has 14 heavy (non-hydrogen) atoms. The fourth-order valence-electron chi connectivity index (χ4n) is 1.96. The van der Waals surface area contributed by atoms with Crippen molar-refractivity contribution >= 4 is 0 Å². The number of ether oxygens (including phenoxy) is 1. The van der Waals surface area contributed by atoms with E-state index in [-0.39, 0.29) is 0 Å². The Morgan fingerprint density at radius 1 is 1.43 bits per heavy atom. The van der Waals surface area contributed by atoms with Crippen LogP contribution in [0.3, 0.4) is 0 Å². The number of nitrogens with one attached hydrogen (secondary N) is 1. The van der Waals surface area contributed by atoms with Crippen LogP contribution < -0.4 is 5.32 Å². The Labute approximate surface area is 85.3 Å². The van der Waals surface area contributed by atoms with E-state index in [9.17, 15) is 0 Å². The molecule has 2 heteroatoms. The quantitative estimate of drug-likeness (QED) is 0.787. The fourth-order valence-corrected chi connectivity index (χ4v) is 1.96. The van der Waals surface area contributed by atoms with Crippen LogP contribution in [0.25, 0.3) is 0 Å². The van der Waals surface area contributed by atoms with Gasteiger partial charge >= 0.3 is 0 Å². The molecule has 0 spiro atoms. The standard InChI is InChI=1S/C12H17NO/c1-2-14-9-11-5-3-4-10-8-13-7-6-12(10)11/h3-5,13H,2,6-9H2,1H3. The topological polar surface area (TPSA) is 21.3 Å². The third-order valence-electron chi connectivity index (χ3n) is 2.70. The maximum atomic E-state index is 5.47. The lowest BCUT2D eigenvalue weighted by Gasteiger charge is -2.20. The molecule has 1 aromatic rings. The highest BCUT2D eigenvalue weighted by Gasteiger charge is 2.11. The van der Waals surface area contributed by atoms with Crippen molar-refractivity contribution in [2.45, 2.75) is 26.5 Å². The molecule has 0 amide bonds. The van der Waals surface area contributed by atoms with Crippen molar-refractivity contribution in [1.82, 2.24) is 5.32 Å². The highest BCUT2D eigenvalue weighted by molar-refractivity contribution is 5.36. The smallest absolute Gasteiger partial charge is 0.0719 e. The van der Waals surface area contributed by atoms with Crippen LogP contribution in [0.5, 0.6) is 0 Å². The van der Waals surface area contributed by atoms with Crippen molar-refractivity contribution in [2.75, 3.05) is 13.2 Å². The highest BCUT2D eigenvalue weighted by Crippen LogP contribution is 2.19. The van der Waals surface area contributed by atoms with E-state index in [0.29, 0.717) is 0 Å². The van der Waals surface area contributed by atoms with Gasteiger partial charge in [-0.05, 0) is 36.6 Å². The zero-order chi connectivity index (χ0) is 9.80. The van der Waals surface area contributed by atoms with E-state index in [1.165, 1.54) is 16.7 Å². The molecule has 76 valence electrons. The van der Waals surface area contributed by atoms with Crippen LogP contribution in [0, 0.1) is 0 Å². The van der Waals surface area contributed by atoms with Gasteiger partial charge in [0.2, 0.25) is 0 Å². The van der Waals surface area contributed by atoms with Gasteiger partial charge in [-0.25, -0.2) is 0 Å². The molecule has 0 saturated heterocycles. The minimum atomic E-state index is 0.764. The number of benzene rings is 1. The Morgan fingerprint density at radius 2 is 2.36 bits per heavy atom. The van der Waals surface area contributed by atoms with Crippen LogP contribution in [0.15, 0.2) is 18.2 Å². The van der Waals surface area contributed by atoms with Gasteiger partial charge in [0.05, 0.1) is 6.61 Å². The molecule has 0 bridgehead atoms. The largest absolute Gasteiger partial charge is 0.377 e. The Balaban J connectivity index is 2.21. The van der Waals surface area contributed by atoms with Crippen LogP contribution in [0.1, 0.15) is 23.6 Å². The molecule has 1 aromatic carbocycles. The third-order valence-corrected chi connectivity index (χ3v) is 2.70. The first-order valence-corrected chi connectivity index (χ1v) is 5.30. The van der Waals surface area contributed by atoms with Gasteiger partial charge in [-0.2, -0.15) is 0 Å². The zero-order valence-corrected chi connectivity index (χ0v) is 8.68. The van der Waals surface area contributed by atoms with Crippen molar-refractivity contribution < 1.29 is 4.74 Å². The summed E-state index contributed by atoms with van der Waals surface area (Å²) in [7, 11) is 0. The Morgan fingerprint density at radius 3 is 3.21 bits per heavy atom. The van der Waals surface area contributed by atoms with Crippen LogP contribution in [-0.4, -0.2) is 13.2 Å². The van der Waals surface area contributed by atoms with E-state index in [0.717, 1.165) is 32.7 Å². The van der Waals surface area contributed by atoms with Crippen molar-refractivity contribution in [3.05, 3.63) is 34.9 Å². The second-order valence-corrected chi connectivity index (χ2v) is 3.62. The van der Waals surface area contributed by atoms with Crippen molar-refractivity contribution in [2.24, 2.45) is 0 Å². The number of hydrogen-bond donors (Lipinski definition) is 1.